The van der Waals surface area contributed by atoms with E-state index in [0.29, 0.717) is 30.2 Å². The topological polar surface area (TPSA) is 72.7 Å². The van der Waals surface area contributed by atoms with Crippen molar-refractivity contribution in [1.82, 2.24) is 3.96 Å². The first-order chi connectivity index (χ1) is 14.0. The van der Waals surface area contributed by atoms with Crippen molar-refractivity contribution in [2.24, 2.45) is 0 Å². The maximum absolute atomic E-state index is 12.9. The molecule has 7 heteroatoms. The third-order valence-electron chi connectivity index (χ3n) is 4.59. The van der Waals surface area contributed by atoms with Crippen LogP contribution in [0.15, 0.2) is 47.3 Å². The summed E-state index contributed by atoms with van der Waals surface area (Å²) in [6.45, 7) is 4.57. The monoisotopic (exact) mass is 414 g/mol. The molecule has 2 aromatic carbocycles. The number of nitrogens with one attached hydrogen (secondary N) is 1. The van der Waals surface area contributed by atoms with Gasteiger partial charge < -0.3 is 19.9 Å². The van der Waals surface area contributed by atoms with Gasteiger partial charge >= 0.3 is 0 Å². The zero-order chi connectivity index (χ0) is 21.0. The van der Waals surface area contributed by atoms with Gasteiger partial charge in [0.1, 0.15) is 5.69 Å². The normalized spacial score (nSPS) is 10.9. The Balaban J connectivity index is 1.85. The van der Waals surface area contributed by atoms with Gasteiger partial charge in [-0.1, -0.05) is 41.9 Å². The summed E-state index contributed by atoms with van der Waals surface area (Å²) in [6, 6.07) is 13.6. The van der Waals surface area contributed by atoms with Crippen molar-refractivity contribution in [3.8, 4) is 27.7 Å². The summed E-state index contributed by atoms with van der Waals surface area (Å²) in [6.07, 6.45) is 0.637. The molecule has 1 aromatic heterocycles. The van der Waals surface area contributed by atoms with E-state index < -0.39 is 0 Å². The summed E-state index contributed by atoms with van der Waals surface area (Å²) in [5, 5.41) is 13.4. The van der Waals surface area contributed by atoms with E-state index >= 15 is 0 Å². The molecule has 0 aliphatic heterocycles. The number of benzene rings is 2. The first-order valence-electron chi connectivity index (χ1n) is 9.45. The highest BCUT2D eigenvalue weighted by Gasteiger charge is 2.18. The summed E-state index contributed by atoms with van der Waals surface area (Å²) in [5.74, 6) is 0.708. The fourth-order valence-corrected chi connectivity index (χ4v) is 4.17. The summed E-state index contributed by atoms with van der Waals surface area (Å²) >= 11 is 1.48. The van der Waals surface area contributed by atoms with E-state index in [2.05, 4.69) is 5.32 Å². The minimum Gasteiger partial charge on any atom is -0.502 e. The molecule has 154 valence electrons. The molecule has 0 aliphatic rings. The number of rotatable bonds is 8. The Hall–Kier alpha value is -2.93. The largest absolute Gasteiger partial charge is 0.502 e. The van der Waals surface area contributed by atoms with Crippen molar-refractivity contribution in [1.29, 1.82) is 0 Å². The van der Waals surface area contributed by atoms with E-state index in [-0.39, 0.29) is 17.4 Å². The number of hydrogen-bond donors (Lipinski definition) is 2. The van der Waals surface area contributed by atoms with Gasteiger partial charge in [-0.3, -0.25) is 8.75 Å². The maximum atomic E-state index is 12.9. The number of ether oxygens (including phenoxy) is 2. The van der Waals surface area contributed by atoms with Crippen molar-refractivity contribution < 1.29 is 14.6 Å². The SMILES string of the molecule is COc1cc(CCNc2c(-c3ccccc3)sn(C(C)C)c2=O)cc(OC)c1O. The van der Waals surface area contributed by atoms with Crippen molar-refractivity contribution in [3.63, 3.8) is 0 Å². The van der Waals surface area contributed by atoms with Crippen LogP contribution in [0.1, 0.15) is 25.5 Å². The lowest BCUT2D eigenvalue weighted by Gasteiger charge is -2.12. The van der Waals surface area contributed by atoms with Gasteiger partial charge in [0.2, 0.25) is 5.75 Å². The van der Waals surface area contributed by atoms with Crippen LogP contribution in [0.4, 0.5) is 5.69 Å². The molecule has 0 saturated carbocycles. The average molecular weight is 415 g/mol. The number of phenols is 1. The molecule has 0 bridgehead atoms. The molecule has 0 fully saturated rings. The number of methoxy groups -OCH3 is 2. The van der Waals surface area contributed by atoms with Crippen LogP contribution in [0, 0.1) is 0 Å². The van der Waals surface area contributed by atoms with Gasteiger partial charge in [0.25, 0.3) is 5.56 Å². The molecule has 0 spiro atoms. The molecule has 0 amide bonds. The predicted molar refractivity (Wildman–Crippen MR) is 118 cm³/mol. The van der Waals surface area contributed by atoms with Crippen LogP contribution < -0.4 is 20.3 Å². The van der Waals surface area contributed by atoms with Gasteiger partial charge in [-0.2, -0.15) is 0 Å². The van der Waals surface area contributed by atoms with Gasteiger partial charge in [-0.15, -0.1) is 0 Å². The first-order valence-corrected chi connectivity index (χ1v) is 10.2. The molecule has 0 saturated heterocycles. The van der Waals surface area contributed by atoms with E-state index in [0.717, 1.165) is 16.0 Å². The number of anilines is 1. The third kappa shape index (κ3) is 4.40. The summed E-state index contributed by atoms with van der Waals surface area (Å²) in [5.41, 5.74) is 2.56. The maximum Gasteiger partial charge on any atom is 0.284 e. The van der Waals surface area contributed by atoms with E-state index in [9.17, 15) is 9.90 Å². The minimum absolute atomic E-state index is 0.00952. The van der Waals surface area contributed by atoms with Gasteiger partial charge in [0, 0.05) is 12.6 Å². The summed E-state index contributed by atoms with van der Waals surface area (Å²) in [7, 11) is 3.00. The first kappa shape index (κ1) is 20.8. The quantitative estimate of drug-likeness (QED) is 0.566. The number of phenolic OH excluding ortho intramolecular Hbond substituents is 1. The van der Waals surface area contributed by atoms with E-state index in [1.165, 1.54) is 25.8 Å². The molecule has 29 heavy (non-hydrogen) atoms. The molecule has 0 unspecified atom stereocenters. The predicted octanol–water partition coefficient (Wildman–Crippen LogP) is 4.54. The third-order valence-corrected chi connectivity index (χ3v) is 6.00. The van der Waals surface area contributed by atoms with Gasteiger partial charge in [0.15, 0.2) is 11.5 Å². The van der Waals surface area contributed by atoms with Crippen LogP contribution in [0.2, 0.25) is 0 Å². The zero-order valence-corrected chi connectivity index (χ0v) is 17.9. The molecular formula is C22H26N2O4S. The Bertz CT molecular complexity index is 1000. The van der Waals surface area contributed by atoms with Gasteiger partial charge in [0.05, 0.1) is 19.1 Å². The number of hydrogen-bond acceptors (Lipinski definition) is 6. The second-order valence-electron chi connectivity index (χ2n) is 6.91. The van der Waals surface area contributed by atoms with Crippen LogP contribution in [-0.4, -0.2) is 29.8 Å². The summed E-state index contributed by atoms with van der Waals surface area (Å²) < 4.78 is 12.2. The lowest BCUT2D eigenvalue weighted by molar-refractivity contribution is 0.339. The molecular weight excluding hydrogens is 388 g/mol. The molecule has 1 heterocycles. The Morgan fingerprint density at radius 3 is 2.28 bits per heavy atom. The van der Waals surface area contributed by atoms with Gasteiger partial charge in [-0.25, -0.2) is 0 Å². The van der Waals surface area contributed by atoms with E-state index in [1.807, 2.05) is 44.2 Å². The number of aromatic nitrogens is 1. The van der Waals surface area contributed by atoms with Crippen molar-refractivity contribution in [2.75, 3.05) is 26.1 Å². The Morgan fingerprint density at radius 1 is 1.10 bits per heavy atom. The second kappa shape index (κ2) is 9.05. The lowest BCUT2D eigenvalue weighted by atomic mass is 10.1. The molecule has 6 nitrogen and oxygen atoms in total. The standard InChI is InChI=1S/C22H26N2O4S/c1-14(2)24-22(26)19(21(29-24)16-8-6-5-7-9-16)23-11-10-15-12-17(27-3)20(25)18(13-15)28-4/h5-9,12-14,23,25H,10-11H2,1-4H3. The van der Waals surface area contributed by atoms with Crippen LogP contribution in [0.25, 0.3) is 10.4 Å². The van der Waals surface area contributed by atoms with Crippen molar-refractivity contribution in [3.05, 3.63) is 58.4 Å². The van der Waals surface area contributed by atoms with Crippen molar-refractivity contribution in [2.45, 2.75) is 26.3 Å². The zero-order valence-electron chi connectivity index (χ0n) is 17.1. The van der Waals surface area contributed by atoms with E-state index in [4.69, 9.17) is 9.47 Å². The highest BCUT2D eigenvalue weighted by atomic mass is 32.1. The molecule has 3 rings (SSSR count). The molecule has 2 N–H and O–H groups in total. The molecule has 0 atom stereocenters. The van der Waals surface area contributed by atoms with Crippen LogP contribution in [0.5, 0.6) is 17.2 Å². The van der Waals surface area contributed by atoms with E-state index in [1.54, 1.807) is 16.1 Å². The fourth-order valence-electron chi connectivity index (χ4n) is 3.10. The lowest BCUT2D eigenvalue weighted by Crippen LogP contribution is -2.19. The molecule has 0 radical (unpaired) electrons. The smallest absolute Gasteiger partial charge is 0.284 e. The Morgan fingerprint density at radius 2 is 1.72 bits per heavy atom. The Kier molecular flexibility index (Phi) is 6.49. The van der Waals surface area contributed by atoms with Crippen LogP contribution in [0.3, 0.4) is 0 Å². The minimum atomic E-state index is -0.0178. The molecule has 0 aliphatic carbocycles. The second-order valence-corrected chi connectivity index (χ2v) is 7.90. The highest BCUT2D eigenvalue weighted by Crippen LogP contribution is 2.37. The van der Waals surface area contributed by atoms with Crippen molar-refractivity contribution >= 4 is 17.2 Å². The fraction of sp³-hybridized carbons (Fsp3) is 0.318. The van der Waals surface area contributed by atoms with Gasteiger partial charge in [-0.05, 0) is 43.5 Å². The summed E-state index contributed by atoms with van der Waals surface area (Å²) in [4.78, 5) is 13.9. The van der Waals surface area contributed by atoms with Crippen LogP contribution in [-0.2, 0) is 6.42 Å². The Labute approximate surface area is 174 Å². The van der Waals surface area contributed by atoms with Crippen LogP contribution >= 0.6 is 11.5 Å². The molecule has 3 aromatic rings. The number of nitrogens with zero attached hydrogens (tertiary/aromatic N) is 1. The average Bonchev–Trinajstić information content (AvgIpc) is 3.06. The highest BCUT2D eigenvalue weighted by molar-refractivity contribution is 7.11. The number of aromatic hydroxyl groups is 1.